The van der Waals surface area contributed by atoms with Crippen molar-refractivity contribution < 1.29 is 4.74 Å². The van der Waals surface area contributed by atoms with E-state index in [4.69, 9.17) is 4.74 Å². The van der Waals surface area contributed by atoms with Crippen LogP contribution in [0.25, 0.3) is 0 Å². The summed E-state index contributed by atoms with van der Waals surface area (Å²) < 4.78 is 5.57. The number of hydrogen-bond acceptors (Lipinski definition) is 2. The van der Waals surface area contributed by atoms with Crippen molar-refractivity contribution in [3.8, 4) is 0 Å². The lowest BCUT2D eigenvalue weighted by Gasteiger charge is -2.35. The van der Waals surface area contributed by atoms with E-state index >= 15 is 0 Å². The third kappa shape index (κ3) is 6.27. The molecule has 1 aliphatic carbocycles. The molecule has 1 unspecified atom stereocenters. The summed E-state index contributed by atoms with van der Waals surface area (Å²) in [7, 11) is 1.83. The van der Waals surface area contributed by atoms with Crippen LogP contribution in [-0.4, -0.2) is 25.3 Å². The fraction of sp³-hybridized carbons (Fsp3) is 1.00. The van der Waals surface area contributed by atoms with Gasteiger partial charge in [-0.15, -0.1) is 0 Å². The Morgan fingerprint density at radius 3 is 2.37 bits per heavy atom. The Bertz CT molecular complexity index is 231. The molecule has 0 amide bonds. The van der Waals surface area contributed by atoms with E-state index in [1.54, 1.807) is 0 Å². The zero-order valence-electron chi connectivity index (χ0n) is 13.8. The van der Waals surface area contributed by atoms with E-state index in [1.165, 1.54) is 38.5 Å². The van der Waals surface area contributed by atoms with Gasteiger partial charge < -0.3 is 10.1 Å². The van der Waals surface area contributed by atoms with Crippen molar-refractivity contribution in [2.45, 2.75) is 84.3 Å². The van der Waals surface area contributed by atoms with Crippen LogP contribution in [0.2, 0.25) is 0 Å². The van der Waals surface area contributed by atoms with Crippen LogP contribution in [0, 0.1) is 11.8 Å². The van der Waals surface area contributed by atoms with E-state index in [1.807, 2.05) is 7.11 Å². The Hall–Kier alpha value is -0.0800. The first-order valence-corrected chi connectivity index (χ1v) is 8.27. The lowest BCUT2D eigenvalue weighted by atomic mass is 9.77. The van der Waals surface area contributed by atoms with Crippen LogP contribution in [-0.2, 0) is 4.74 Å². The highest BCUT2D eigenvalue weighted by Crippen LogP contribution is 2.32. The summed E-state index contributed by atoms with van der Waals surface area (Å²) >= 11 is 0. The SMILES string of the molecule is CCCNC(CCC(C)(C)OC)C1CCC(C)CC1. The Kier molecular flexibility index (Phi) is 7.38. The highest BCUT2D eigenvalue weighted by atomic mass is 16.5. The average Bonchev–Trinajstić information content (AvgIpc) is 2.40. The zero-order chi connectivity index (χ0) is 14.3. The van der Waals surface area contributed by atoms with Gasteiger partial charge in [-0.25, -0.2) is 0 Å². The van der Waals surface area contributed by atoms with E-state index < -0.39 is 0 Å². The Labute approximate surface area is 120 Å². The second-order valence-electron chi connectivity index (χ2n) is 7.08. The van der Waals surface area contributed by atoms with Crippen molar-refractivity contribution in [2.24, 2.45) is 11.8 Å². The van der Waals surface area contributed by atoms with E-state index in [-0.39, 0.29) is 5.60 Å². The number of hydrogen-bond donors (Lipinski definition) is 1. The summed E-state index contributed by atoms with van der Waals surface area (Å²) in [5, 5.41) is 3.80. The molecule has 114 valence electrons. The first kappa shape index (κ1) is 17.0. The number of rotatable bonds is 8. The maximum Gasteiger partial charge on any atom is 0.0623 e. The summed E-state index contributed by atoms with van der Waals surface area (Å²) in [6.07, 6.45) is 9.29. The fourth-order valence-corrected chi connectivity index (χ4v) is 3.13. The highest BCUT2D eigenvalue weighted by molar-refractivity contribution is 4.83. The van der Waals surface area contributed by atoms with Gasteiger partial charge in [0.2, 0.25) is 0 Å². The number of methoxy groups -OCH3 is 1. The van der Waals surface area contributed by atoms with Crippen molar-refractivity contribution in [3.63, 3.8) is 0 Å². The van der Waals surface area contributed by atoms with Gasteiger partial charge >= 0.3 is 0 Å². The van der Waals surface area contributed by atoms with Crippen molar-refractivity contribution >= 4 is 0 Å². The van der Waals surface area contributed by atoms with Crippen molar-refractivity contribution in [2.75, 3.05) is 13.7 Å². The minimum Gasteiger partial charge on any atom is -0.379 e. The molecule has 1 aliphatic rings. The molecule has 0 aromatic rings. The average molecular weight is 269 g/mol. The van der Waals surface area contributed by atoms with Crippen LogP contribution in [0.3, 0.4) is 0 Å². The molecule has 0 spiro atoms. The van der Waals surface area contributed by atoms with E-state index in [9.17, 15) is 0 Å². The summed E-state index contributed by atoms with van der Waals surface area (Å²) in [5.74, 6) is 1.83. The van der Waals surface area contributed by atoms with Gasteiger partial charge in [-0.1, -0.05) is 26.7 Å². The van der Waals surface area contributed by atoms with Crippen LogP contribution in [0.4, 0.5) is 0 Å². The molecule has 1 rings (SSSR count). The standard InChI is InChI=1S/C17H35NO/c1-6-13-18-16(11-12-17(3,4)19-5)15-9-7-14(2)8-10-15/h14-16,18H,6-13H2,1-5H3. The molecule has 0 bridgehead atoms. The van der Waals surface area contributed by atoms with Crippen molar-refractivity contribution in [3.05, 3.63) is 0 Å². The molecular weight excluding hydrogens is 234 g/mol. The second kappa shape index (κ2) is 8.26. The maximum atomic E-state index is 5.57. The van der Waals surface area contributed by atoms with Gasteiger partial charge in [-0.3, -0.25) is 0 Å². The molecule has 0 aliphatic heterocycles. The monoisotopic (exact) mass is 269 g/mol. The third-order valence-electron chi connectivity index (χ3n) is 4.90. The lowest BCUT2D eigenvalue weighted by Crippen LogP contribution is -2.40. The summed E-state index contributed by atoms with van der Waals surface area (Å²) in [4.78, 5) is 0. The minimum absolute atomic E-state index is 0.0219. The Balaban J connectivity index is 2.46. The van der Waals surface area contributed by atoms with Gasteiger partial charge in [0.05, 0.1) is 5.60 Å². The molecule has 0 saturated heterocycles. The second-order valence-corrected chi connectivity index (χ2v) is 7.08. The summed E-state index contributed by atoms with van der Waals surface area (Å²) in [5.41, 5.74) is 0.0219. The normalized spacial score (nSPS) is 26.4. The van der Waals surface area contributed by atoms with Gasteiger partial charge in [0.1, 0.15) is 0 Å². The van der Waals surface area contributed by atoms with E-state index in [0.29, 0.717) is 6.04 Å². The van der Waals surface area contributed by atoms with Gasteiger partial charge in [0, 0.05) is 13.2 Å². The van der Waals surface area contributed by atoms with E-state index in [2.05, 4.69) is 33.0 Å². The Morgan fingerprint density at radius 1 is 1.21 bits per heavy atom. The van der Waals surface area contributed by atoms with Crippen molar-refractivity contribution in [1.29, 1.82) is 0 Å². The zero-order valence-corrected chi connectivity index (χ0v) is 13.8. The molecule has 0 heterocycles. The molecule has 1 N–H and O–H groups in total. The van der Waals surface area contributed by atoms with Crippen LogP contribution >= 0.6 is 0 Å². The Morgan fingerprint density at radius 2 is 1.84 bits per heavy atom. The quantitative estimate of drug-likeness (QED) is 0.706. The van der Waals surface area contributed by atoms with Crippen LogP contribution < -0.4 is 5.32 Å². The predicted octanol–water partition coefficient (Wildman–Crippen LogP) is 4.39. The molecule has 2 nitrogen and oxygen atoms in total. The molecule has 19 heavy (non-hydrogen) atoms. The largest absolute Gasteiger partial charge is 0.379 e. The van der Waals surface area contributed by atoms with E-state index in [0.717, 1.165) is 24.8 Å². The summed E-state index contributed by atoms with van der Waals surface area (Å²) in [6, 6.07) is 0.696. The first-order chi connectivity index (χ1) is 8.98. The van der Waals surface area contributed by atoms with Gasteiger partial charge in [-0.2, -0.15) is 0 Å². The number of nitrogens with one attached hydrogen (secondary N) is 1. The molecule has 0 aromatic heterocycles. The molecule has 2 heteroatoms. The van der Waals surface area contributed by atoms with Gasteiger partial charge in [-0.05, 0) is 64.3 Å². The highest BCUT2D eigenvalue weighted by Gasteiger charge is 2.27. The molecule has 1 saturated carbocycles. The van der Waals surface area contributed by atoms with Gasteiger partial charge in [0.15, 0.2) is 0 Å². The van der Waals surface area contributed by atoms with Crippen molar-refractivity contribution in [1.82, 2.24) is 5.32 Å². The molecular formula is C17H35NO. The lowest BCUT2D eigenvalue weighted by molar-refractivity contribution is 0.00930. The smallest absolute Gasteiger partial charge is 0.0623 e. The molecule has 0 radical (unpaired) electrons. The predicted molar refractivity (Wildman–Crippen MR) is 83.5 cm³/mol. The minimum atomic E-state index is 0.0219. The number of ether oxygens (including phenoxy) is 1. The topological polar surface area (TPSA) is 21.3 Å². The molecule has 1 fully saturated rings. The summed E-state index contributed by atoms with van der Waals surface area (Å²) in [6.45, 7) is 10.2. The van der Waals surface area contributed by atoms with Crippen LogP contribution in [0.15, 0.2) is 0 Å². The van der Waals surface area contributed by atoms with Crippen LogP contribution in [0.1, 0.15) is 72.6 Å². The fourth-order valence-electron chi connectivity index (χ4n) is 3.13. The third-order valence-corrected chi connectivity index (χ3v) is 4.90. The first-order valence-electron chi connectivity index (χ1n) is 8.27. The maximum absolute atomic E-state index is 5.57. The molecule has 0 aromatic carbocycles. The van der Waals surface area contributed by atoms with Gasteiger partial charge in [0.25, 0.3) is 0 Å². The molecule has 1 atom stereocenters. The van der Waals surface area contributed by atoms with Crippen LogP contribution in [0.5, 0.6) is 0 Å².